The maximum atomic E-state index is 15.6. The number of nitrogens with one attached hydrogen (secondary N) is 1. The molecular formula is C38H52BNO13S. The Labute approximate surface area is 320 Å². The van der Waals surface area contributed by atoms with Gasteiger partial charge in [0.15, 0.2) is 0 Å². The molecule has 1 heterocycles. The second kappa shape index (κ2) is 16.2. The summed E-state index contributed by atoms with van der Waals surface area (Å²) in [6.45, 7) is 9.40. The zero-order valence-corrected chi connectivity index (χ0v) is 32.9. The van der Waals surface area contributed by atoms with Crippen LogP contribution in [0.15, 0.2) is 41.5 Å². The van der Waals surface area contributed by atoms with Crippen LogP contribution in [0, 0.1) is 22.7 Å². The summed E-state index contributed by atoms with van der Waals surface area (Å²) in [7, 11) is 1.92. The number of hydrogen-bond acceptors (Lipinski definition) is 15. The van der Waals surface area contributed by atoms with Crippen molar-refractivity contribution in [3.63, 3.8) is 0 Å². The molecule has 0 spiro atoms. The Bertz CT molecular complexity index is 1640. The van der Waals surface area contributed by atoms with Crippen molar-refractivity contribution in [2.75, 3.05) is 39.0 Å². The van der Waals surface area contributed by atoms with Crippen LogP contribution in [0.25, 0.3) is 0 Å². The number of ketones is 1. The van der Waals surface area contributed by atoms with Gasteiger partial charge >= 0.3 is 216 Å². The van der Waals surface area contributed by atoms with Gasteiger partial charge in [0.05, 0.1) is 18.6 Å². The standard InChI is InChI=1S/C38H52BNO13S/c1-20-24(51-34(45)30(43)29(40-18-39-47)23-12-10-9-11-13-23)15-38(46)21(2)32-36(6,33(44)31(28(20)35(38,4)5)52-27(42)16-48-7)25(50-19-54-8)14-26-37(32,17-49-26)53-22(3)41/h9-13,21,24-26,29-32,40,43,46H,14-19H2,1-8H3/t21-,24?,25?,26?,29?,30?,31?,32?,36+,37-,38?/m0/s1. The molecule has 1 aliphatic heterocycles. The summed E-state index contributed by atoms with van der Waals surface area (Å²) in [5.74, 6) is -4.60. The Morgan fingerprint density at radius 3 is 2.41 bits per heavy atom. The second-order valence-corrected chi connectivity index (χ2v) is 16.4. The molecule has 1 aromatic rings. The van der Waals surface area contributed by atoms with Gasteiger partial charge in [-0.3, -0.25) is 4.79 Å². The molecule has 11 atom stereocenters. The number of aliphatic hydroxyl groups excluding tert-OH is 1. The number of thioether (sulfide) groups is 1. The van der Waals surface area contributed by atoms with Crippen molar-refractivity contribution >= 4 is 42.6 Å². The Kier molecular flexibility index (Phi) is 12.7. The third-order valence-electron chi connectivity index (χ3n) is 12.4. The Morgan fingerprint density at radius 1 is 1.15 bits per heavy atom. The molecule has 1 saturated heterocycles. The van der Waals surface area contributed by atoms with Gasteiger partial charge in [-0.05, 0) is 13.2 Å². The SMILES string of the molecule is COCC(=O)OC1C(=O)[C@]2(C)C(OCSC)CC3OC[C@@]3(OC(C)=O)C2[C@H](C)C2(O)CC(OC(=O)C(O)C(NCB=O)c3ccccc3)C(C)=C1C2(C)C. The third kappa shape index (κ3) is 7.00. The van der Waals surface area contributed by atoms with Crippen LogP contribution >= 0.6 is 11.8 Å². The van der Waals surface area contributed by atoms with Gasteiger partial charge < -0.3 is 18.9 Å². The van der Waals surface area contributed by atoms with Crippen LogP contribution in [0.1, 0.15) is 66.0 Å². The van der Waals surface area contributed by atoms with Gasteiger partial charge in [0.25, 0.3) is 0 Å². The first-order chi connectivity index (χ1) is 25.5. The fourth-order valence-corrected chi connectivity index (χ4v) is 10.1. The normalized spacial score (nSPS) is 35.1. The average molecular weight is 774 g/mol. The van der Waals surface area contributed by atoms with Crippen molar-refractivity contribution in [3.8, 4) is 0 Å². The first-order valence-corrected chi connectivity index (χ1v) is 19.5. The molecule has 16 heteroatoms. The van der Waals surface area contributed by atoms with E-state index >= 15 is 4.79 Å². The van der Waals surface area contributed by atoms with Crippen LogP contribution in [0.3, 0.4) is 0 Å². The van der Waals surface area contributed by atoms with Gasteiger partial charge in [-0.2, -0.15) is 0 Å². The molecule has 0 aromatic heterocycles. The fraction of sp³-hybridized carbons (Fsp3) is 0.684. The molecule has 1 aromatic carbocycles. The Morgan fingerprint density at radius 2 is 1.83 bits per heavy atom. The molecule has 3 aliphatic carbocycles. The van der Waals surface area contributed by atoms with E-state index in [4.69, 9.17) is 28.4 Å². The molecule has 3 fully saturated rings. The van der Waals surface area contributed by atoms with Gasteiger partial charge in [0, 0.05) is 20.5 Å². The number of fused-ring (bicyclic) bond motifs is 5. The predicted molar refractivity (Wildman–Crippen MR) is 195 cm³/mol. The molecule has 5 rings (SSSR count). The summed E-state index contributed by atoms with van der Waals surface area (Å²) in [6, 6.07) is 7.58. The Balaban J connectivity index is 1.69. The summed E-state index contributed by atoms with van der Waals surface area (Å²) < 4.78 is 47.0. The van der Waals surface area contributed by atoms with Crippen molar-refractivity contribution in [1.82, 2.24) is 5.32 Å². The minimum absolute atomic E-state index is 0.0456. The molecule has 296 valence electrons. The summed E-state index contributed by atoms with van der Waals surface area (Å²) in [4.78, 5) is 55.6. The summed E-state index contributed by atoms with van der Waals surface area (Å²) in [5, 5.41) is 27.6. The molecule has 2 saturated carbocycles. The van der Waals surface area contributed by atoms with Crippen molar-refractivity contribution < 1.29 is 62.5 Å². The molecule has 2 bridgehead atoms. The van der Waals surface area contributed by atoms with Gasteiger partial charge in [0.2, 0.25) is 0 Å². The van der Waals surface area contributed by atoms with Gasteiger partial charge in [-0.1, -0.05) is 0 Å². The van der Waals surface area contributed by atoms with Gasteiger partial charge in [-0.25, -0.2) is 4.79 Å². The van der Waals surface area contributed by atoms with E-state index in [0.717, 1.165) is 0 Å². The van der Waals surface area contributed by atoms with E-state index in [1.54, 1.807) is 65.0 Å². The van der Waals surface area contributed by atoms with Crippen molar-refractivity contribution in [3.05, 3.63) is 47.0 Å². The molecule has 14 nitrogen and oxygen atoms in total. The monoisotopic (exact) mass is 773 g/mol. The summed E-state index contributed by atoms with van der Waals surface area (Å²) in [5.41, 5.74) is -4.87. The molecule has 0 amide bonds. The van der Waals surface area contributed by atoms with Crippen LogP contribution in [-0.4, -0.2) is 122 Å². The van der Waals surface area contributed by atoms with E-state index < -0.39 is 101 Å². The molecule has 4 aliphatic rings. The van der Waals surface area contributed by atoms with Crippen LogP contribution in [0.4, 0.5) is 0 Å². The number of carbonyl (C=O) groups is 4. The number of hydrogen-bond donors (Lipinski definition) is 3. The minimum atomic E-state index is -1.82. The van der Waals surface area contributed by atoms with Gasteiger partial charge in [-0.15, -0.1) is 11.8 Å². The van der Waals surface area contributed by atoms with Crippen molar-refractivity contribution in [2.45, 2.75) is 102 Å². The van der Waals surface area contributed by atoms with Crippen molar-refractivity contribution in [2.24, 2.45) is 22.7 Å². The van der Waals surface area contributed by atoms with Crippen LogP contribution in [0.5, 0.6) is 0 Å². The molecule has 3 N–H and O–H groups in total. The number of aliphatic hydroxyl groups is 2. The van der Waals surface area contributed by atoms with E-state index in [9.17, 15) is 29.3 Å². The number of methoxy groups -OCH3 is 1. The van der Waals surface area contributed by atoms with E-state index in [1.807, 2.05) is 6.26 Å². The first-order valence-electron chi connectivity index (χ1n) is 18.1. The fourth-order valence-electron chi connectivity index (χ4n) is 9.83. The van der Waals surface area contributed by atoms with Crippen LogP contribution < -0.4 is 5.32 Å². The van der Waals surface area contributed by atoms with E-state index in [-0.39, 0.29) is 37.4 Å². The number of ether oxygens (including phenoxy) is 6. The van der Waals surface area contributed by atoms with Crippen molar-refractivity contribution in [1.29, 1.82) is 0 Å². The quantitative estimate of drug-likeness (QED) is 0.0820. The predicted octanol–water partition coefficient (Wildman–Crippen LogP) is 2.28. The van der Waals surface area contributed by atoms with E-state index in [1.165, 1.54) is 25.8 Å². The molecular weight excluding hydrogens is 721 g/mol. The van der Waals surface area contributed by atoms with E-state index in [2.05, 4.69) is 5.32 Å². The number of esters is 3. The molecule has 8 unspecified atom stereocenters. The summed E-state index contributed by atoms with van der Waals surface area (Å²) in [6.07, 6.45) is -4.38. The van der Waals surface area contributed by atoms with E-state index in [0.29, 0.717) is 18.3 Å². The second-order valence-electron chi connectivity index (χ2n) is 15.5. The van der Waals surface area contributed by atoms with Gasteiger partial charge in [0.1, 0.15) is 12.7 Å². The number of carbonyl (C=O) groups excluding carboxylic acids is 4. The zero-order chi connectivity index (χ0) is 39.8. The summed E-state index contributed by atoms with van der Waals surface area (Å²) >= 11 is 1.41. The topological polar surface area (TPSA) is 193 Å². The first kappa shape index (κ1) is 42.2. The maximum absolute atomic E-state index is 15.6. The third-order valence-corrected chi connectivity index (χ3v) is 12.8. The number of benzene rings is 1. The molecule has 54 heavy (non-hydrogen) atoms. The number of rotatable bonds is 14. The zero-order valence-electron chi connectivity index (χ0n) is 32.1. The van der Waals surface area contributed by atoms with Crippen LogP contribution in [0.2, 0.25) is 0 Å². The molecule has 0 radical (unpaired) electrons. The van der Waals surface area contributed by atoms with Crippen LogP contribution in [-0.2, 0) is 52.3 Å². The Hall–Kier alpha value is -2.99. The number of Topliss-reactive ketones (excluding diaryl/α,β-unsaturated/α-hetero) is 1. The average Bonchev–Trinajstić information content (AvgIpc) is 3.11.